The van der Waals surface area contributed by atoms with Gasteiger partial charge in [0, 0.05) is 23.2 Å². The Balaban J connectivity index is 2.59. The van der Waals surface area contributed by atoms with Crippen molar-refractivity contribution >= 4 is 37.3 Å². The second-order valence-electron chi connectivity index (χ2n) is 5.66. The van der Waals surface area contributed by atoms with Gasteiger partial charge < -0.3 is 0 Å². The maximum Gasteiger partial charge on any atom is 0.516 e. The highest BCUT2D eigenvalue weighted by Crippen LogP contribution is 2.48. The van der Waals surface area contributed by atoms with E-state index >= 15 is 0 Å². The van der Waals surface area contributed by atoms with Gasteiger partial charge in [0.1, 0.15) is 0 Å². The third-order valence-corrected chi connectivity index (χ3v) is 5.78. The molecular formula is C12H12BrF3N2O4S. The summed E-state index contributed by atoms with van der Waals surface area (Å²) in [6.45, 7) is 1.27. The number of benzene rings is 1. The molecule has 0 N–H and O–H groups in total. The van der Waals surface area contributed by atoms with Gasteiger partial charge in [-0.3, -0.25) is 14.4 Å². The number of nitro benzene ring substituents is 1. The van der Waals surface area contributed by atoms with Gasteiger partial charge >= 0.3 is 15.5 Å². The van der Waals surface area contributed by atoms with Crippen LogP contribution in [0.4, 0.5) is 24.5 Å². The first-order valence-electron chi connectivity index (χ1n) is 6.40. The van der Waals surface area contributed by atoms with Crippen LogP contribution in [0.3, 0.4) is 0 Å². The topological polar surface area (TPSA) is 80.5 Å². The molecule has 1 saturated carbocycles. The molecule has 2 rings (SSSR count). The first kappa shape index (κ1) is 18.0. The number of rotatable bonds is 5. The molecule has 0 spiro atoms. The first-order chi connectivity index (χ1) is 10.4. The molecule has 0 amide bonds. The summed E-state index contributed by atoms with van der Waals surface area (Å²) in [4.78, 5) is 10.0. The highest BCUT2D eigenvalue weighted by molar-refractivity contribution is 9.10. The van der Waals surface area contributed by atoms with E-state index in [0.29, 0.717) is 12.8 Å². The van der Waals surface area contributed by atoms with E-state index in [9.17, 15) is 31.7 Å². The van der Waals surface area contributed by atoms with E-state index in [1.165, 1.54) is 0 Å². The van der Waals surface area contributed by atoms with Gasteiger partial charge in [0.15, 0.2) is 0 Å². The van der Waals surface area contributed by atoms with Crippen molar-refractivity contribution in [1.82, 2.24) is 0 Å². The minimum absolute atomic E-state index is 0.0279. The molecule has 1 aromatic rings. The molecule has 1 aromatic carbocycles. The largest absolute Gasteiger partial charge is 0.516 e. The minimum Gasteiger partial charge on any atom is -0.261 e. The zero-order valence-electron chi connectivity index (χ0n) is 11.8. The van der Waals surface area contributed by atoms with Gasteiger partial charge in [-0.2, -0.15) is 21.6 Å². The van der Waals surface area contributed by atoms with Crippen molar-refractivity contribution in [3.8, 4) is 0 Å². The Morgan fingerprint density at radius 3 is 2.39 bits per heavy atom. The Morgan fingerprint density at radius 1 is 1.39 bits per heavy atom. The summed E-state index contributed by atoms with van der Waals surface area (Å²) in [6.07, 6.45) is 1.17. The van der Waals surface area contributed by atoms with E-state index in [-0.39, 0.29) is 8.78 Å². The summed E-state index contributed by atoms with van der Waals surface area (Å²) >= 11 is 2.97. The zero-order valence-corrected chi connectivity index (χ0v) is 14.2. The fourth-order valence-electron chi connectivity index (χ4n) is 1.95. The van der Waals surface area contributed by atoms with Crippen LogP contribution < -0.4 is 4.31 Å². The monoisotopic (exact) mass is 416 g/mol. The van der Waals surface area contributed by atoms with Gasteiger partial charge in [0.05, 0.1) is 10.6 Å². The maximum atomic E-state index is 13.0. The lowest BCUT2D eigenvalue weighted by atomic mass is 10.1. The molecule has 0 bridgehead atoms. The molecule has 0 atom stereocenters. The molecular weight excluding hydrogens is 405 g/mol. The molecule has 23 heavy (non-hydrogen) atoms. The van der Waals surface area contributed by atoms with Crippen molar-refractivity contribution in [2.45, 2.75) is 25.3 Å². The Hall–Kier alpha value is -1.36. The van der Waals surface area contributed by atoms with Crippen LogP contribution in [0, 0.1) is 15.5 Å². The maximum absolute atomic E-state index is 13.0. The van der Waals surface area contributed by atoms with Gasteiger partial charge in [0.25, 0.3) is 5.69 Å². The van der Waals surface area contributed by atoms with Crippen molar-refractivity contribution in [3.63, 3.8) is 0 Å². The normalized spacial score (nSPS) is 16.9. The van der Waals surface area contributed by atoms with Crippen LogP contribution in [0.15, 0.2) is 22.7 Å². The van der Waals surface area contributed by atoms with Crippen LogP contribution in [0.5, 0.6) is 0 Å². The molecule has 0 aliphatic heterocycles. The quantitative estimate of drug-likeness (QED) is 0.539. The van der Waals surface area contributed by atoms with Gasteiger partial charge in [0.2, 0.25) is 0 Å². The lowest BCUT2D eigenvalue weighted by molar-refractivity contribution is -0.384. The number of hydrogen-bond acceptors (Lipinski definition) is 4. The van der Waals surface area contributed by atoms with E-state index in [2.05, 4.69) is 15.9 Å². The predicted molar refractivity (Wildman–Crippen MR) is 80.5 cm³/mol. The van der Waals surface area contributed by atoms with Crippen LogP contribution >= 0.6 is 15.9 Å². The third-order valence-electron chi connectivity index (χ3n) is 3.62. The van der Waals surface area contributed by atoms with Crippen LogP contribution in [0.2, 0.25) is 0 Å². The number of alkyl halides is 3. The van der Waals surface area contributed by atoms with Crippen LogP contribution in [-0.4, -0.2) is 25.4 Å². The number of nitrogens with zero attached hydrogens (tertiary/aromatic N) is 2. The molecule has 0 unspecified atom stereocenters. The summed E-state index contributed by atoms with van der Waals surface area (Å²) in [5.74, 6) is 0. The molecule has 1 fully saturated rings. The minimum atomic E-state index is -5.67. The summed E-state index contributed by atoms with van der Waals surface area (Å²) in [6, 6.07) is 3.05. The SMILES string of the molecule is CC1(CN(c2cc([N+](=O)[O-])ccc2Br)S(=O)(=O)C(F)(F)F)CC1. The number of halogens is 4. The molecule has 0 saturated heterocycles. The molecule has 0 heterocycles. The second kappa shape index (κ2) is 5.62. The van der Waals surface area contributed by atoms with E-state index in [1.807, 2.05) is 0 Å². The summed E-state index contributed by atoms with van der Waals surface area (Å²) < 4.78 is 63.0. The van der Waals surface area contributed by atoms with Gasteiger partial charge in [-0.1, -0.05) is 6.92 Å². The first-order valence-corrected chi connectivity index (χ1v) is 8.64. The second-order valence-corrected chi connectivity index (χ2v) is 8.37. The van der Waals surface area contributed by atoms with Crippen molar-refractivity contribution in [2.75, 3.05) is 10.8 Å². The molecule has 6 nitrogen and oxygen atoms in total. The Morgan fingerprint density at radius 2 is 1.96 bits per heavy atom. The molecule has 128 valence electrons. The number of hydrogen-bond donors (Lipinski definition) is 0. The average Bonchev–Trinajstić information content (AvgIpc) is 3.13. The number of nitro groups is 1. The van der Waals surface area contributed by atoms with Crippen LogP contribution in [0.25, 0.3) is 0 Å². The van der Waals surface area contributed by atoms with Gasteiger partial charge in [-0.25, -0.2) is 0 Å². The highest BCUT2D eigenvalue weighted by Gasteiger charge is 2.53. The van der Waals surface area contributed by atoms with Crippen LogP contribution in [0.1, 0.15) is 19.8 Å². The van der Waals surface area contributed by atoms with E-state index < -0.39 is 43.8 Å². The molecule has 1 aliphatic rings. The molecule has 11 heteroatoms. The smallest absolute Gasteiger partial charge is 0.261 e. The van der Waals surface area contributed by atoms with E-state index in [0.717, 1.165) is 18.2 Å². The standard InChI is InChI=1S/C12H12BrF3N2O4S/c1-11(4-5-11)7-17(23(21,22)12(14,15)16)10-6-8(18(19)20)2-3-9(10)13/h2-3,6H,4-5,7H2,1H3. The van der Waals surface area contributed by atoms with Crippen molar-refractivity contribution in [2.24, 2.45) is 5.41 Å². The van der Waals surface area contributed by atoms with Crippen molar-refractivity contribution in [1.29, 1.82) is 0 Å². The summed E-state index contributed by atoms with van der Waals surface area (Å²) in [7, 11) is -5.67. The predicted octanol–water partition coefficient (Wildman–Crippen LogP) is 3.81. The molecule has 1 aliphatic carbocycles. The van der Waals surface area contributed by atoms with Crippen LogP contribution in [-0.2, 0) is 10.0 Å². The Labute approximate surface area is 138 Å². The van der Waals surface area contributed by atoms with Crippen molar-refractivity contribution in [3.05, 3.63) is 32.8 Å². The van der Waals surface area contributed by atoms with Crippen molar-refractivity contribution < 1.29 is 26.5 Å². The van der Waals surface area contributed by atoms with Gasteiger partial charge in [-0.15, -0.1) is 0 Å². The Bertz CT molecular complexity index is 747. The fraction of sp³-hybridized carbons (Fsp3) is 0.500. The Kier molecular flexibility index (Phi) is 4.39. The fourth-order valence-corrected chi connectivity index (χ4v) is 3.67. The molecule has 0 aromatic heterocycles. The number of non-ortho nitro benzene ring substituents is 1. The average molecular weight is 417 g/mol. The molecule has 0 radical (unpaired) electrons. The number of anilines is 1. The lowest BCUT2D eigenvalue weighted by Crippen LogP contribution is -2.43. The lowest BCUT2D eigenvalue weighted by Gasteiger charge is -2.28. The van der Waals surface area contributed by atoms with E-state index in [1.54, 1.807) is 6.92 Å². The summed E-state index contributed by atoms with van der Waals surface area (Å²) in [5.41, 5.74) is -6.96. The zero-order chi connectivity index (χ0) is 17.6. The highest BCUT2D eigenvalue weighted by atomic mass is 79.9. The summed E-state index contributed by atoms with van der Waals surface area (Å²) in [5, 5.41) is 10.8. The van der Waals surface area contributed by atoms with E-state index in [4.69, 9.17) is 0 Å². The number of sulfonamides is 1. The van der Waals surface area contributed by atoms with Gasteiger partial charge in [-0.05, 0) is 40.3 Å². The third kappa shape index (κ3) is 3.60.